The van der Waals surface area contributed by atoms with Crippen LogP contribution < -0.4 is 36.2 Å². The summed E-state index contributed by atoms with van der Waals surface area (Å²) in [4.78, 5) is 83.0. The second-order valence-electron chi connectivity index (χ2n) is 19.0. The molecule has 2 aromatic heterocycles. The topological polar surface area (TPSA) is 297 Å². The fourth-order valence-corrected chi connectivity index (χ4v) is 10.2. The quantitative estimate of drug-likeness (QED) is 0.0209. The van der Waals surface area contributed by atoms with Gasteiger partial charge in [0.2, 0.25) is 0 Å². The molecule has 0 radical (unpaired) electrons. The van der Waals surface area contributed by atoms with E-state index in [1.54, 1.807) is 72.9 Å². The van der Waals surface area contributed by atoms with Gasteiger partial charge >= 0.3 is 17.9 Å². The predicted molar refractivity (Wildman–Crippen MR) is 297 cm³/mol. The molecule has 20 nitrogen and oxygen atoms in total. The van der Waals surface area contributed by atoms with Gasteiger partial charge in [-0.25, -0.2) is 19.4 Å². The van der Waals surface area contributed by atoms with Crippen molar-refractivity contribution in [1.82, 2.24) is 30.5 Å². The number of carbonyl (C=O) groups excluding carboxylic acids is 2. The molecule has 3 heterocycles. The third-order valence-electron chi connectivity index (χ3n) is 13.7. The first-order valence-electron chi connectivity index (χ1n) is 25.3. The van der Waals surface area contributed by atoms with Crippen LogP contribution in [-0.4, -0.2) is 102 Å². The van der Waals surface area contributed by atoms with Crippen LogP contribution in [0.2, 0.25) is 0 Å². The number of ether oxygens (including phenoxy) is 2. The summed E-state index contributed by atoms with van der Waals surface area (Å²) < 4.78 is 19.3. The number of aromatic carboxylic acids is 1. The summed E-state index contributed by atoms with van der Waals surface area (Å²) in [7, 11) is 0. The zero-order valence-electron chi connectivity index (χ0n) is 42.0. The maximum atomic E-state index is 13.7. The summed E-state index contributed by atoms with van der Waals surface area (Å²) >= 11 is 5.47. The van der Waals surface area contributed by atoms with Crippen LogP contribution >= 0.6 is 12.2 Å². The fraction of sp³-hybridized carbons (Fsp3) is 0.207. The Balaban J connectivity index is 0.749. The van der Waals surface area contributed by atoms with Crippen molar-refractivity contribution in [2.45, 2.75) is 50.6 Å². The number of aromatic nitrogens is 3. The summed E-state index contributed by atoms with van der Waals surface area (Å²) in [6.07, 6.45) is 6.71. The number of phenols is 1. The highest BCUT2D eigenvalue weighted by atomic mass is 32.1. The standard InChI is InChI=1S/C58H51N7O13S/c66-36-10-15-40-49(25-36)78-50-26-37(67)11-16-41(50)53(40)32-8-17-45(43(22-32)56(72)73)64-58(79)60-21-20-59-51(68)29-76-38-12-6-31(7-13-38)54-62-46-23-33(9-19-48(46)65(54)35-4-2-1-3-5-35)55(71)63-47(57(74)75)24-34-28-61-44-18-14-39(27-42(34)44)77-30-52(69)70/h6-19,22-23,25-28,35,47,61,66H,1-5,20-21,24,29-30H2,(H,59,68)(H,63,71)(H,69,70)(H,72,73)(H,74,75)(H2,60,64,79)/t47-/m0/s1. The molecule has 0 unspecified atom stereocenters. The van der Waals surface area contributed by atoms with E-state index in [4.69, 9.17) is 36.2 Å². The molecule has 21 heteroatoms. The maximum absolute atomic E-state index is 13.7. The van der Waals surface area contributed by atoms with Gasteiger partial charge in [0, 0.05) is 82.4 Å². The first kappa shape index (κ1) is 52.7. The molecule has 2 aliphatic carbocycles. The summed E-state index contributed by atoms with van der Waals surface area (Å²) in [6.45, 7) is -0.456. The van der Waals surface area contributed by atoms with Crippen molar-refractivity contribution in [2.24, 2.45) is 0 Å². The number of carboxylic acids is 3. The van der Waals surface area contributed by atoms with E-state index in [-0.39, 0.29) is 71.0 Å². The third-order valence-corrected chi connectivity index (χ3v) is 13.9. The smallest absolute Gasteiger partial charge is 0.341 e. The first-order chi connectivity index (χ1) is 38.1. The molecule has 1 fully saturated rings. The lowest BCUT2D eigenvalue weighted by molar-refractivity contribution is -0.140. The molecule has 5 aromatic carbocycles. The van der Waals surface area contributed by atoms with Gasteiger partial charge in [-0.15, -0.1) is 0 Å². The van der Waals surface area contributed by atoms with Gasteiger partial charge < -0.3 is 65.1 Å². The van der Waals surface area contributed by atoms with Crippen LogP contribution in [-0.2, 0) is 20.8 Å². The molecule has 2 amide bonds. The molecule has 1 atom stereocenters. The zero-order chi connectivity index (χ0) is 55.3. The van der Waals surface area contributed by atoms with E-state index >= 15 is 0 Å². The van der Waals surface area contributed by atoms with Gasteiger partial charge in [0.1, 0.15) is 40.5 Å². The average molecular weight is 1090 g/mol. The number of hydrogen-bond acceptors (Lipinski definition) is 12. The van der Waals surface area contributed by atoms with E-state index in [0.29, 0.717) is 67.0 Å². The van der Waals surface area contributed by atoms with Crippen LogP contribution in [0.5, 0.6) is 17.2 Å². The number of phenolic OH excluding ortho intramolecular Hbond substituents is 1. The largest absolute Gasteiger partial charge is 0.508 e. The summed E-state index contributed by atoms with van der Waals surface area (Å²) in [5, 5.41) is 52.3. The van der Waals surface area contributed by atoms with Gasteiger partial charge in [-0.2, -0.15) is 0 Å². The van der Waals surface area contributed by atoms with Gasteiger partial charge in [0.05, 0.1) is 22.3 Å². The molecule has 1 aliphatic heterocycles. The number of aromatic hydroxyl groups is 1. The molecule has 9 N–H and O–H groups in total. The van der Waals surface area contributed by atoms with Crippen molar-refractivity contribution in [3.63, 3.8) is 0 Å². The number of benzene rings is 6. The Bertz CT molecular complexity index is 3880. The van der Waals surface area contributed by atoms with Crippen LogP contribution in [0, 0.1) is 0 Å². The summed E-state index contributed by atoms with van der Waals surface area (Å²) in [5.41, 5.74) is 5.54. The van der Waals surface area contributed by atoms with E-state index < -0.39 is 42.4 Å². The number of hydrogen-bond donors (Lipinski definition) is 9. The van der Waals surface area contributed by atoms with Gasteiger partial charge in [-0.05, 0) is 133 Å². The Kier molecular flexibility index (Phi) is 15.2. The van der Waals surface area contributed by atoms with Crippen LogP contribution in [0.3, 0.4) is 0 Å². The number of amides is 2. The van der Waals surface area contributed by atoms with Crippen LogP contribution in [0.1, 0.15) is 64.4 Å². The van der Waals surface area contributed by atoms with Gasteiger partial charge in [0.25, 0.3) is 11.8 Å². The van der Waals surface area contributed by atoms with E-state index in [0.717, 1.165) is 43.2 Å². The molecule has 402 valence electrons. The van der Waals surface area contributed by atoms with E-state index in [1.165, 1.54) is 30.3 Å². The molecule has 3 aliphatic rings. The van der Waals surface area contributed by atoms with Gasteiger partial charge in [0.15, 0.2) is 23.8 Å². The number of carboxylic acid groups (broad SMARTS) is 3. The highest BCUT2D eigenvalue weighted by molar-refractivity contribution is 7.80. The number of fused-ring (bicyclic) bond motifs is 4. The Morgan fingerprint density at radius 3 is 2.32 bits per heavy atom. The van der Waals surface area contributed by atoms with Crippen LogP contribution in [0.4, 0.5) is 5.69 Å². The van der Waals surface area contributed by atoms with Crippen molar-refractivity contribution in [2.75, 3.05) is 31.6 Å². The minimum atomic E-state index is -1.30. The van der Waals surface area contributed by atoms with Crippen LogP contribution in [0.25, 0.3) is 66.7 Å². The molecule has 0 bridgehead atoms. The van der Waals surface area contributed by atoms with Crippen molar-refractivity contribution in [3.8, 4) is 51.1 Å². The van der Waals surface area contributed by atoms with Crippen LogP contribution in [0.15, 0.2) is 131 Å². The van der Waals surface area contributed by atoms with Crippen molar-refractivity contribution >= 4 is 85.6 Å². The molecule has 0 saturated heterocycles. The molecular weight excluding hydrogens is 1030 g/mol. The lowest BCUT2D eigenvalue weighted by Gasteiger charge is -2.25. The number of thiocarbonyl (C=S) groups is 1. The van der Waals surface area contributed by atoms with Gasteiger partial charge in [-0.3, -0.25) is 14.4 Å². The van der Waals surface area contributed by atoms with E-state index in [1.807, 2.05) is 18.2 Å². The third kappa shape index (κ3) is 11.8. The Morgan fingerprint density at radius 2 is 1.54 bits per heavy atom. The lowest BCUT2D eigenvalue weighted by Crippen LogP contribution is -2.42. The number of aliphatic carboxylic acids is 2. The second kappa shape index (κ2) is 22.8. The second-order valence-corrected chi connectivity index (χ2v) is 19.4. The minimum Gasteiger partial charge on any atom is -0.508 e. The summed E-state index contributed by atoms with van der Waals surface area (Å²) in [5.74, 6) is -2.92. The molecule has 79 heavy (non-hydrogen) atoms. The zero-order valence-corrected chi connectivity index (χ0v) is 42.9. The van der Waals surface area contributed by atoms with Crippen molar-refractivity contribution in [3.05, 3.63) is 148 Å². The number of rotatable bonds is 19. The van der Waals surface area contributed by atoms with E-state index in [9.17, 15) is 44.1 Å². The van der Waals surface area contributed by atoms with Crippen molar-refractivity contribution in [1.29, 1.82) is 0 Å². The molecular formula is C58H51N7O13S. The Morgan fingerprint density at radius 1 is 0.785 bits per heavy atom. The molecule has 1 saturated carbocycles. The SMILES string of the molecule is O=C(O)COc1ccc2[nH]cc(C[C@H](NC(=O)c3ccc4c(c3)nc(-c3ccc(OCC(=O)NCCNC(=S)Nc5ccc(-c6c7ccc(=O)cc-7oc7cc(O)ccc67)cc5C(=O)O)cc3)n4C3CCCCC3)C(=O)O)c2c1. The molecule has 10 rings (SSSR count). The summed E-state index contributed by atoms with van der Waals surface area (Å²) in [6, 6.07) is 29.8. The number of anilines is 1. The van der Waals surface area contributed by atoms with Crippen molar-refractivity contribution < 1.29 is 58.3 Å². The van der Waals surface area contributed by atoms with E-state index in [2.05, 4.69) is 30.8 Å². The number of aromatic amines is 1. The molecule has 0 spiro atoms. The number of nitrogens with one attached hydrogen (secondary N) is 5. The predicted octanol–water partition coefficient (Wildman–Crippen LogP) is 8.34. The fourth-order valence-electron chi connectivity index (χ4n) is 9.98. The monoisotopic (exact) mass is 1090 g/mol. The maximum Gasteiger partial charge on any atom is 0.341 e. The number of carbonyl (C=O) groups is 5. The number of nitrogens with zero attached hydrogens (tertiary/aromatic N) is 2. The average Bonchev–Trinajstić information content (AvgIpc) is 4.03. The highest BCUT2D eigenvalue weighted by Crippen LogP contribution is 2.42. The Labute approximate surface area is 454 Å². The number of H-pyrrole nitrogens is 1. The number of imidazole rings is 1. The minimum absolute atomic E-state index is 0.0400. The lowest BCUT2D eigenvalue weighted by atomic mass is 9.92. The first-order valence-corrected chi connectivity index (χ1v) is 25.7. The molecule has 7 aromatic rings. The highest BCUT2D eigenvalue weighted by Gasteiger charge is 2.27. The normalized spacial score (nSPS) is 13.0. The Hall–Kier alpha value is -9.76. The van der Waals surface area contributed by atoms with Gasteiger partial charge in [-0.1, -0.05) is 25.3 Å².